The fourth-order valence-corrected chi connectivity index (χ4v) is 2.14. The van der Waals surface area contributed by atoms with Crippen LogP contribution in [0.2, 0.25) is 5.15 Å². The van der Waals surface area contributed by atoms with Crippen LogP contribution in [0, 0.1) is 5.41 Å². The van der Waals surface area contributed by atoms with E-state index in [9.17, 15) is 0 Å². The van der Waals surface area contributed by atoms with Gasteiger partial charge in [-0.15, -0.1) is 24.0 Å². The third-order valence-electron chi connectivity index (χ3n) is 3.42. The zero-order valence-electron chi connectivity index (χ0n) is 14.5. The van der Waals surface area contributed by atoms with Gasteiger partial charge in [0.25, 0.3) is 0 Å². The molecule has 0 aromatic carbocycles. The molecule has 0 aliphatic carbocycles. The summed E-state index contributed by atoms with van der Waals surface area (Å²) in [7, 11) is 3.50. The van der Waals surface area contributed by atoms with Crippen LogP contribution in [0.15, 0.2) is 23.3 Å². The van der Waals surface area contributed by atoms with Crippen molar-refractivity contribution in [3.63, 3.8) is 0 Å². The lowest BCUT2D eigenvalue weighted by atomic mass is 9.89. The zero-order chi connectivity index (χ0) is 16.6. The van der Waals surface area contributed by atoms with Crippen LogP contribution < -0.4 is 10.6 Å². The molecule has 0 radical (unpaired) electrons. The molecule has 1 atom stereocenters. The number of methoxy groups -OCH3 is 1. The van der Waals surface area contributed by atoms with Crippen molar-refractivity contribution in [1.82, 2.24) is 15.6 Å². The van der Waals surface area contributed by atoms with Gasteiger partial charge in [0.15, 0.2) is 5.96 Å². The Hall–Kier alpha value is -0.600. The molecule has 0 bridgehead atoms. The maximum absolute atomic E-state index is 5.77. The molecule has 5 nitrogen and oxygen atoms in total. The van der Waals surface area contributed by atoms with Gasteiger partial charge >= 0.3 is 0 Å². The Labute approximate surface area is 161 Å². The fraction of sp³-hybridized carbons (Fsp3) is 0.625. The van der Waals surface area contributed by atoms with Crippen molar-refractivity contribution in [1.29, 1.82) is 0 Å². The predicted octanol–water partition coefficient (Wildman–Crippen LogP) is 3.12. The van der Waals surface area contributed by atoms with Crippen LogP contribution in [-0.4, -0.2) is 44.3 Å². The first-order valence-corrected chi connectivity index (χ1v) is 7.82. The first-order chi connectivity index (χ1) is 10.4. The summed E-state index contributed by atoms with van der Waals surface area (Å²) < 4.78 is 5.53. The Morgan fingerprint density at radius 3 is 2.52 bits per heavy atom. The number of halogens is 2. The molecule has 2 N–H and O–H groups in total. The number of pyridine rings is 1. The maximum atomic E-state index is 5.77. The van der Waals surface area contributed by atoms with Gasteiger partial charge in [0.1, 0.15) is 5.15 Å². The lowest BCUT2D eigenvalue weighted by Crippen LogP contribution is -2.45. The van der Waals surface area contributed by atoms with E-state index in [0.29, 0.717) is 11.7 Å². The van der Waals surface area contributed by atoms with E-state index < -0.39 is 0 Å². The molecule has 1 rings (SSSR count). The van der Waals surface area contributed by atoms with Crippen molar-refractivity contribution in [2.75, 3.05) is 27.2 Å². The Kier molecular flexibility index (Phi) is 10.8. The summed E-state index contributed by atoms with van der Waals surface area (Å²) in [5, 5.41) is 7.10. The van der Waals surface area contributed by atoms with Crippen LogP contribution in [0.25, 0.3) is 0 Å². The molecule has 0 amide bonds. The third kappa shape index (κ3) is 8.72. The highest BCUT2D eigenvalue weighted by atomic mass is 127. The standard InChI is InChI=1S/C16H27ClN4O.HI/c1-16(2,3)13(22-5)11-21-15(18-4)19-9-8-12-6-7-14(17)20-10-12;/h6-7,10,13H,8-9,11H2,1-5H3,(H2,18,19,21);1H. The number of rotatable bonds is 6. The minimum absolute atomic E-state index is 0. The summed E-state index contributed by atoms with van der Waals surface area (Å²) in [6, 6.07) is 3.78. The zero-order valence-corrected chi connectivity index (χ0v) is 17.6. The number of guanidine groups is 1. The van der Waals surface area contributed by atoms with E-state index in [1.165, 1.54) is 0 Å². The maximum Gasteiger partial charge on any atom is 0.191 e. The molecule has 1 unspecified atom stereocenters. The van der Waals surface area contributed by atoms with Crippen LogP contribution >= 0.6 is 35.6 Å². The van der Waals surface area contributed by atoms with E-state index in [4.69, 9.17) is 16.3 Å². The molecule has 7 heteroatoms. The quantitative estimate of drug-likeness (QED) is 0.300. The van der Waals surface area contributed by atoms with E-state index in [-0.39, 0.29) is 35.5 Å². The van der Waals surface area contributed by atoms with E-state index in [0.717, 1.165) is 24.5 Å². The largest absolute Gasteiger partial charge is 0.379 e. The summed E-state index contributed by atoms with van der Waals surface area (Å²) in [5.41, 5.74) is 1.21. The van der Waals surface area contributed by atoms with Gasteiger partial charge in [-0.2, -0.15) is 0 Å². The molecular weight excluding hydrogens is 427 g/mol. The van der Waals surface area contributed by atoms with E-state index in [1.54, 1.807) is 26.4 Å². The molecule has 0 fully saturated rings. The fourth-order valence-electron chi connectivity index (χ4n) is 2.03. The SMILES string of the molecule is CN=C(NCCc1ccc(Cl)nc1)NCC(OC)C(C)(C)C.I. The molecular formula is C16H28ClIN4O. The Bertz CT molecular complexity index is 474. The van der Waals surface area contributed by atoms with Gasteiger partial charge in [-0.25, -0.2) is 4.98 Å². The second-order valence-electron chi connectivity index (χ2n) is 6.21. The molecule has 0 aliphatic rings. The summed E-state index contributed by atoms with van der Waals surface area (Å²) in [6.45, 7) is 7.96. The average molecular weight is 455 g/mol. The van der Waals surface area contributed by atoms with Gasteiger partial charge in [0.05, 0.1) is 6.10 Å². The topological polar surface area (TPSA) is 58.5 Å². The average Bonchev–Trinajstić information content (AvgIpc) is 2.46. The van der Waals surface area contributed by atoms with Crippen molar-refractivity contribution < 1.29 is 4.74 Å². The lowest BCUT2D eigenvalue weighted by Gasteiger charge is -2.30. The number of aliphatic imine (C=N–C) groups is 1. The second kappa shape index (κ2) is 11.0. The molecule has 132 valence electrons. The molecule has 1 aromatic rings. The van der Waals surface area contributed by atoms with Gasteiger partial charge in [-0.05, 0) is 23.5 Å². The van der Waals surface area contributed by atoms with E-state index in [1.807, 2.05) is 6.07 Å². The first-order valence-electron chi connectivity index (χ1n) is 7.44. The second-order valence-corrected chi connectivity index (χ2v) is 6.60. The number of aromatic nitrogens is 1. The monoisotopic (exact) mass is 454 g/mol. The molecule has 1 aromatic heterocycles. The molecule has 0 saturated heterocycles. The molecule has 23 heavy (non-hydrogen) atoms. The van der Waals surface area contributed by atoms with E-state index in [2.05, 4.69) is 41.4 Å². The normalized spacial score (nSPS) is 13.2. The third-order valence-corrected chi connectivity index (χ3v) is 3.65. The Balaban J connectivity index is 0.00000484. The van der Waals surface area contributed by atoms with Crippen LogP contribution in [0.4, 0.5) is 0 Å². The number of nitrogens with one attached hydrogen (secondary N) is 2. The molecule has 0 saturated carbocycles. The molecule has 1 heterocycles. The van der Waals surface area contributed by atoms with Crippen molar-refractivity contribution in [3.8, 4) is 0 Å². The summed E-state index contributed by atoms with van der Waals surface area (Å²) in [6.07, 6.45) is 2.77. The Morgan fingerprint density at radius 2 is 2.04 bits per heavy atom. The molecule has 0 aliphatic heterocycles. The summed E-state index contributed by atoms with van der Waals surface area (Å²) in [5.74, 6) is 0.772. The summed E-state index contributed by atoms with van der Waals surface area (Å²) in [4.78, 5) is 8.29. The predicted molar refractivity (Wildman–Crippen MR) is 108 cm³/mol. The number of hydrogen-bond donors (Lipinski definition) is 2. The van der Waals surface area contributed by atoms with Gasteiger partial charge in [-0.3, -0.25) is 4.99 Å². The highest BCUT2D eigenvalue weighted by Crippen LogP contribution is 2.20. The van der Waals surface area contributed by atoms with Crippen molar-refractivity contribution >= 4 is 41.5 Å². The van der Waals surface area contributed by atoms with Crippen LogP contribution in [0.1, 0.15) is 26.3 Å². The first kappa shape index (κ1) is 22.4. The highest BCUT2D eigenvalue weighted by Gasteiger charge is 2.24. The lowest BCUT2D eigenvalue weighted by molar-refractivity contribution is 0.0205. The van der Waals surface area contributed by atoms with Crippen molar-refractivity contribution in [3.05, 3.63) is 29.0 Å². The van der Waals surface area contributed by atoms with Crippen LogP contribution in [0.5, 0.6) is 0 Å². The smallest absolute Gasteiger partial charge is 0.191 e. The van der Waals surface area contributed by atoms with E-state index >= 15 is 0 Å². The van der Waals surface area contributed by atoms with Gasteiger partial charge in [-0.1, -0.05) is 38.4 Å². The van der Waals surface area contributed by atoms with Crippen molar-refractivity contribution in [2.24, 2.45) is 10.4 Å². The van der Waals surface area contributed by atoms with Crippen LogP contribution in [0.3, 0.4) is 0 Å². The number of nitrogens with zero attached hydrogens (tertiary/aromatic N) is 2. The minimum atomic E-state index is 0. The number of ether oxygens (including phenoxy) is 1. The van der Waals surface area contributed by atoms with Gasteiger partial charge < -0.3 is 15.4 Å². The Morgan fingerprint density at radius 1 is 1.35 bits per heavy atom. The molecule has 0 spiro atoms. The van der Waals surface area contributed by atoms with Gasteiger partial charge in [0, 0.05) is 33.4 Å². The van der Waals surface area contributed by atoms with Crippen LogP contribution in [-0.2, 0) is 11.2 Å². The summed E-state index contributed by atoms with van der Waals surface area (Å²) >= 11 is 5.77. The minimum Gasteiger partial charge on any atom is -0.379 e. The van der Waals surface area contributed by atoms with Gasteiger partial charge in [0.2, 0.25) is 0 Å². The number of hydrogen-bond acceptors (Lipinski definition) is 3. The van der Waals surface area contributed by atoms with Crippen molar-refractivity contribution in [2.45, 2.75) is 33.3 Å². The highest BCUT2D eigenvalue weighted by molar-refractivity contribution is 14.0.